The molecule has 0 aliphatic carbocycles. The molecule has 1 N–H and O–H groups in total. The Hall–Kier alpha value is -3.02. The molecular formula is C24H21F5N2O3S. The van der Waals surface area contributed by atoms with Gasteiger partial charge in [-0.25, -0.2) is 8.78 Å². The van der Waals surface area contributed by atoms with Crippen LogP contribution in [0.2, 0.25) is 0 Å². The molecule has 11 heteroatoms. The van der Waals surface area contributed by atoms with Crippen molar-refractivity contribution in [2.75, 3.05) is 24.4 Å². The van der Waals surface area contributed by atoms with Crippen molar-refractivity contribution >= 4 is 15.9 Å². The maximum Gasteiger partial charge on any atom is 0.416 e. The normalized spacial score (nSPS) is 17.5. The van der Waals surface area contributed by atoms with E-state index in [9.17, 15) is 30.4 Å². The van der Waals surface area contributed by atoms with Crippen LogP contribution >= 0.6 is 0 Å². The second-order valence-corrected chi connectivity index (χ2v) is 9.70. The molecule has 1 fully saturated rings. The van der Waals surface area contributed by atoms with Crippen LogP contribution in [0.1, 0.15) is 22.6 Å². The van der Waals surface area contributed by atoms with E-state index in [4.69, 9.17) is 4.74 Å². The van der Waals surface area contributed by atoms with Crippen LogP contribution < -0.4 is 4.72 Å². The molecule has 35 heavy (non-hydrogen) atoms. The standard InChI is InChI=1S/C24H21F5N2O3S/c25-19-7-1-16(2-8-19)23(17-3-9-20(26)10-4-17)22-15-31(13-14-34-22)35(32,33)30-21-11-5-18(6-12-21)24(27,28)29/h1-12,22-23,30H,13-15H2. The smallest absolute Gasteiger partial charge is 0.374 e. The van der Waals surface area contributed by atoms with Gasteiger partial charge in [0.15, 0.2) is 0 Å². The van der Waals surface area contributed by atoms with Gasteiger partial charge in [0.2, 0.25) is 0 Å². The van der Waals surface area contributed by atoms with E-state index in [0.29, 0.717) is 11.1 Å². The summed E-state index contributed by atoms with van der Waals surface area (Å²) >= 11 is 0. The fraction of sp³-hybridized carbons (Fsp3) is 0.250. The Kier molecular flexibility index (Phi) is 7.11. The molecule has 1 aliphatic heterocycles. The molecule has 5 nitrogen and oxygen atoms in total. The van der Waals surface area contributed by atoms with Crippen molar-refractivity contribution in [3.63, 3.8) is 0 Å². The first-order valence-electron chi connectivity index (χ1n) is 10.6. The average Bonchev–Trinajstić information content (AvgIpc) is 2.81. The lowest BCUT2D eigenvalue weighted by Gasteiger charge is -2.36. The van der Waals surface area contributed by atoms with Gasteiger partial charge in [0.25, 0.3) is 0 Å². The van der Waals surface area contributed by atoms with E-state index < -0.39 is 45.6 Å². The Balaban J connectivity index is 1.57. The Morgan fingerprint density at radius 1 is 0.857 bits per heavy atom. The van der Waals surface area contributed by atoms with E-state index >= 15 is 0 Å². The molecule has 1 aliphatic rings. The average molecular weight is 513 g/mol. The molecule has 3 aromatic carbocycles. The maximum absolute atomic E-state index is 13.5. The lowest BCUT2D eigenvalue weighted by atomic mass is 9.86. The lowest BCUT2D eigenvalue weighted by molar-refractivity contribution is -0.137. The maximum atomic E-state index is 13.5. The SMILES string of the molecule is O=S(=O)(Nc1ccc(C(F)(F)F)cc1)N1CCOC(C(c2ccc(F)cc2)c2ccc(F)cc2)C1. The second kappa shape index (κ2) is 9.92. The highest BCUT2D eigenvalue weighted by molar-refractivity contribution is 7.90. The summed E-state index contributed by atoms with van der Waals surface area (Å²) in [6, 6.07) is 15.0. The van der Waals surface area contributed by atoms with Crippen LogP contribution in [0.5, 0.6) is 0 Å². The van der Waals surface area contributed by atoms with Gasteiger partial charge < -0.3 is 4.74 Å². The highest BCUT2D eigenvalue weighted by Crippen LogP contribution is 2.33. The summed E-state index contributed by atoms with van der Waals surface area (Å²) in [6.45, 7) is -0.0150. The summed E-state index contributed by atoms with van der Waals surface area (Å²) < 4.78 is 101. The van der Waals surface area contributed by atoms with Gasteiger partial charge in [-0.05, 0) is 59.7 Å². The molecule has 1 saturated heterocycles. The number of halogens is 5. The van der Waals surface area contributed by atoms with E-state index in [1.807, 2.05) is 0 Å². The number of ether oxygens (including phenoxy) is 1. The van der Waals surface area contributed by atoms with Crippen molar-refractivity contribution in [2.45, 2.75) is 18.2 Å². The topological polar surface area (TPSA) is 58.6 Å². The molecule has 1 unspecified atom stereocenters. The molecule has 1 atom stereocenters. The molecule has 0 aromatic heterocycles. The monoisotopic (exact) mass is 512 g/mol. The minimum atomic E-state index is -4.54. The minimum absolute atomic E-state index is 0.0188. The van der Waals surface area contributed by atoms with E-state index in [2.05, 4.69) is 4.72 Å². The number of nitrogens with one attached hydrogen (secondary N) is 1. The summed E-state index contributed by atoms with van der Waals surface area (Å²) in [4.78, 5) is 0. The van der Waals surface area contributed by atoms with Crippen LogP contribution in [0.3, 0.4) is 0 Å². The van der Waals surface area contributed by atoms with Gasteiger partial charge in [-0.1, -0.05) is 24.3 Å². The zero-order valence-electron chi connectivity index (χ0n) is 18.2. The molecule has 1 heterocycles. The highest BCUT2D eigenvalue weighted by atomic mass is 32.2. The van der Waals surface area contributed by atoms with Crippen molar-refractivity contribution in [3.05, 3.63) is 101 Å². The van der Waals surface area contributed by atoms with Crippen LogP contribution in [0.15, 0.2) is 72.8 Å². The van der Waals surface area contributed by atoms with Gasteiger partial charge in [0.05, 0.1) is 18.3 Å². The quantitative estimate of drug-likeness (QED) is 0.464. The molecule has 4 rings (SSSR count). The van der Waals surface area contributed by atoms with E-state index in [-0.39, 0.29) is 25.4 Å². The fourth-order valence-electron chi connectivity index (χ4n) is 3.97. The van der Waals surface area contributed by atoms with Crippen LogP contribution in [0.4, 0.5) is 27.6 Å². The number of hydrogen-bond acceptors (Lipinski definition) is 3. The predicted octanol–water partition coefficient (Wildman–Crippen LogP) is 5.17. The highest BCUT2D eigenvalue weighted by Gasteiger charge is 2.36. The lowest BCUT2D eigenvalue weighted by Crippen LogP contribution is -2.49. The zero-order chi connectivity index (χ0) is 25.2. The van der Waals surface area contributed by atoms with Crippen LogP contribution in [0, 0.1) is 11.6 Å². The van der Waals surface area contributed by atoms with Gasteiger partial charge in [-0.3, -0.25) is 4.72 Å². The Bertz CT molecular complexity index is 1200. The number of anilines is 1. The third-order valence-electron chi connectivity index (χ3n) is 5.69. The van der Waals surface area contributed by atoms with E-state index in [0.717, 1.165) is 28.6 Å². The largest absolute Gasteiger partial charge is 0.416 e. The summed E-state index contributed by atoms with van der Waals surface area (Å²) in [7, 11) is -4.13. The zero-order valence-corrected chi connectivity index (χ0v) is 19.0. The van der Waals surface area contributed by atoms with Crippen LogP contribution in [0.25, 0.3) is 0 Å². The molecule has 0 amide bonds. The third kappa shape index (κ3) is 5.98. The molecule has 186 valence electrons. The number of benzene rings is 3. The van der Waals surface area contributed by atoms with Gasteiger partial charge in [0.1, 0.15) is 11.6 Å². The summed E-state index contributed by atoms with van der Waals surface area (Å²) in [5.74, 6) is -1.41. The van der Waals surface area contributed by atoms with Crippen molar-refractivity contribution < 1.29 is 35.1 Å². The van der Waals surface area contributed by atoms with Crippen LogP contribution in [-0.2, 0) is 21.1 Å². The van der Waals surface area contributed by atoms with E-state index in [1.165, 1.54) is 24.3 Å². The number of alkyl halides is 3. The molecule has 0 saturated carbocycles. The molecule has 3 aromatic rings. The first kappa shape index (κ1) is 25.1. The van der Waals surface area contributed by atoms with Gasteiger partial charge >= 0.3 is 16.4 Å². The Labute approximate surface area is 199 Å². The first-order chi connectivity index (χ1) is 16.5. The van der Waals surface area contributed by atoms with Gasteiger partial charge in [0, 0.05) is 24.7 Å². The van der Waals surface area contributed by atoms with Crippen molar-refractivity contribution in [1.82, 2.24) is 4.31 Å². The van der Waals surface area contributed by atoms with Crippen molar-refractivity contribution in [3.8, 4) is 0 Å². The molecule has 0 radical (unpaired) electrons. The fourth-order valence-corrected chi connectivity index (χ4v) is 5.19. The summed E-state index contributed by atoms with van der Waals surface area (Å²) in [5.41, 5.74) is 0.388. The second-order valence-electron chi connectivity index (χ2n) is 8.03. The number of morpholine rings is 1. The summed E-state index contributed by atoms with van der Waals surface area (Å²) in [5, 5.41) is 0. The summed E-state index contributed by atoms with van der Waals surface area (Å²) in [6.07, 6.45) is -5.23. The molecular weight excluding hydrogens is 491 g/mol. The van der Waals surface area contributed by atoms with Gasteiger partial charge in [-0.2, -0.15) is 25.9 Å². The molecule has 0 bridgehead atoms. The third-order valence-corrected chi connectivity index (χ3v) is 7.19. The number of hydrogen-bond donors (Lipinski definition) is 1. The van der Waals surface area contributed by atoms with E-state index in [1.54, 1.807) is 24.3 Å². The Morgan fingerprint density at radius 2 is 1.37 bits per heavy atom. The first-order valence-corrected chi connectivity index (χ1v) is 12.0. The van der Waals surface area contributed by atoms with Crippen molar-refractivity contribution in [2.24, 2.45) is 0 Å². The number of rotatable bonds is 6. The Morgan fingerprint density at radius 3 is 1.86 bits per heavy atom. The predicted molar refractivity (Wildman–Crippen MR) is 120 cm³/mol. The van der Waals surface area contributed by atoms with Crippen LogP contribution in [-0.4, -0.2) is 38.5 Å². The van der Waals surface area contributed by atoms with Crippen molar-refractivity contribution in [1.29, 1.82) is 0 Å². The molecule has 0 spiro atoms. The number of nitrogens with zero attached hydrogens (tertiary/aromatic N) is 1. The minimum Gasteiger partial charge on any atom is -0.374 e. The van der Waals surface area contributed by atoms with Gasteiger partial charge in [-0.15, -0.1) is 0 Å².